The molecule has 0 saturated carbocycles. The number of methoxy groups -OCH3 is 1. The van der Waals surface area contributed by atoms with E-state index in [0.29, 0.717) is 5.75 Å². The standard InChI is InChI=1S/C22H17F4N3O5/c1-32-14-9-17-19(28-11-14)21(6-7-33-17,29-20(31)12-2-5-18(30)27-10-12)13-3-4-16(15(23)8-13)34-22(24,25)26/h2-5,8-11H,6-7H2,1H3,(H,27,30)(H,29,31). The first-order valence-corrected chi connectivity index (χ1v) is 9.86. The number of fused-ring (bicyclic) bond motifs is 1. The first-order chi connectivity index (χ1) is 16.1. The van der Waals surface area contributed by atoms with Crippen LogP contribution in [-0.4, -0.2) is 36.0 Å². The van der Waals surface area contributed by atoms with Crippen molar-refractivity contribution in [1.29, 1.82) is 0 Å². The van der Waals surface area contributed by atoms with Crippen LogP contribution in [0.25, 0.3) is 0 Å². The topological polar surface area (TPSA) is 103 Å². The van der Waals surface area contributed by atoms with E-state index >= 15 is 0 Å². The fourth-order valence-electron chi connectivity index (χ4n) is 3.67. The van der Waals surface area contributed by atoms with Gasteiger partial charge in [-0.25, -0.2) is 4.39 Å². The van der Waals surface area contributed by atoms with Crippen LogP contribution in [0.5, 0.6) is 17.2 Å². The normalized spacial score (nSPS) is 17.3. The first-order valence-electron chi connectivity index (χ1n) is 9.86. The zero-order valence-corrected chi connectivity index (χ0v) is 17.5. The number of benzene rings is 1. The Morgan fingerprint density at radius 2 is 2.03 bits per heavy atom. The molecule has 0 spiro atoms. The summed E-state index contributed by atoms with van der Waals surface area (Å²) in [5.41, 5.74) is -1.50. The number of carbonyl (C=O) groups excluding carboxylic acids is 1. The summed E-state index contributed by atoms with van der Waals surface area (Å²) in [6.45, 7) is 0.0656. The lowest BCUT2D eigenvalue weighted by Gasteiger charge is -2.39. The monoisotopic (exact) mass is 479 g/mol. The molecule has 0 aliphatic carbocycles. The number of hydrogen-bond acceptors (Lipinski definition) is 6. The van der Waals surface area contributed by atoms with Crippen LogP contribution in [0.3, 0.4) is 0 Å². The van der Waals surface area contributed by atoms with E-state index in [2.05, 4.69) is 20.0 Å². The van der Waals surface area contributed by atoms with Gasteiger partial charge in [0.05, 0.1) is 25.5 Å². The molecule has 0 bridgehead atoms. The second kappa shape index (κ2) is 8.69. The molecular formula is C22H17F4N3O5. The number of halogens is 4. The van der Waals surface area contributed by atoms with E-state index < -0.39 is 34.9 Å². The molecule has 3 heterocycles. The number of nitrogens with one attached hydrogen (secondary N) is 2. The Morgan fingerprint density at radius 1 is 1.24 bits per heavy atom. The summed E-state index contributed by atoms with van der Waals surface area (Å²) < 4.78 is 67.0. The number of nitrogens with zero attached hydrogens (tertiary/aromatic N) is 1. The van der Waals surface area contributed by atoms with Gasteiger partial charge in [-0.3, -0.25) is 14.6 Å². The summed E-state index contributed by atoms with van der Waals surface area (Å²) in [5, 5.41) is 2.80. The third-order valence-corrected chi connectivity index (χ3v) is 5.23. The highest BCUT2D eigenvalue weighted by molar-refractivity contribution is 5.94. The predicted octanol–water partition coefficient (Wildman–Crippen LogP) is 3.27. The molecule has 0 fully saturated rings. The molecule has 12 heteroatoms. The van der Waals surface area contributed by atoms with Crippen LogP contribution in [0.2, 0.25) is 0 Å². The van der Waals surface area contributed by atoms with E-state index in [-0.39, 0.29) is 35.6 Å². The zero-order valence-electron chi connectivity index (χ0n) is 17.5. The molecule has 1 aromatic carbocycles. The molecule has 178 valence electrons. The fourth-order valence-corrected chi connectivity index (χ4v) is 3.67. The molecule has 1 aliphatic heterocycles. The van der Waals surface area contributed by atoms with Crippen molar-refractivity contribution in [2.75, 3.05) is 13.7 Å². The minimum atomic E-state index is -5.08. The van der Waals surface area contributed by atoms with Gasteiger partial charge < -0.3 is 24.5 Å². The Labute approximate surface area is 189 Å². The minimum Gasteiger partial charge on any atom is -0.495 e. The summed E-state index contributed by atoms with van der Waals surface area (Å²) in [6, 6.07) is 6.86. The number of H-pyrrole nitrogens is 1. The van der Waals surface area contributed by atoms with Gasteiger partial charge in [-0.2, -0.15) is 0 Å². The van der Waals surface area contributed by atoms with Gasteiger partial charge in [-0.15, -0.1) is 13.2 Å². The van der Waals surface area contributed by atoms with Crippen molar-refractivity contribution in [2.24, 2.45) is 0 Å². The molecule has 1 atom stereocenters. The summed E-state index contributed by atoms with van der Waals surface area (Å²) in [7, 11) is 1.42. The second-order valence-electron chi connectivity index (χ2n) is 7.31. The maximum atomic E-state index is 14.7. The van der Waals surface area contributed by atoms with E-state index in [0.717, 1.165) is 18.2 Å². The molecule has 2 N–H and O–H groups in total. The number of aromatic nitrogens is 2. The fraction of sp³-hybridized carbons (Fsp3) is 0.227. The van der Waals surface area contributed by atoms with Crippen molar-refractivity contribution in [2.45, 2.75) is 18.3 Å². The van der Waals surface area contributed by atoms with Crippen molar-refractivity contribution in [3.8, 4) is 17.2 Å². The van der Waals surface area contributed by atoms with Gasteiger partial charge in [0.2, 0.25) is 5.56 Å². The van der Waals surface area contributed by atoms with Gasteiger partial charge in [0, 0.05) is 24.8 Å². The van der Waals surface area contributed by atoms with Gasteiger partial charge in [0.25, 0.3) is 5.91 Å². The Hall–Kier alpha value is -4.09. The average Bonchev–Trinajstić information content (AvgIpc) is 2.79. The lowest BCUT2D eigenvalue weighted by atomic mass is 9.81. The number of hydrogen-bond donors (Lipinski definition) is 2. The summed E-state index contributed by atoms with van der Waals surface area (Å²) >= 11 is 0. The molecule has 34 heavy (non-hydrogen) atoms. The number of rotatable bonds is 5. The lowest BCUT2D eigenvalue weighted by molar-refractivity contribution is -0.275. The molecule has 8 nitrogen and oxygen atoms in total. The minimum absolute atomic E-state index is 0.0656. The molecule has 3 aromatic rings. The van der Waals surface area contributed by atoms with Crippen molar-refractivity contribution in [3.05, 3.63) is 81.8 Å². The van der Waals surface area contributed by atoms with Crippen LogP contribution in [0.15, 0.2) is 53.6 Å². The SMILES string of the molecule is COc1cnc2c(c1)OCCC2(NC(=O)c1ccc(=O)[nH]c1)c1ccc(OC(F)(F)F)c(F)c1. The van der Waals surface area contributed by atoms with Crippen LogP contribution in [0, 0.1) is 5.82 Å². The number of carbonyl (C=O) groups is 1. The van der Waals surface area contributed by atoms with Crippen LogP contribution in [0.4, 0.5) is 17.6 Å². The third kappa shape index (κ3) is 4.51. The third-order valence-electron chi connectivity index (χ3n) is 5.23. The Bertz CT molecular complexity index is 1270. The number of amides is 1. The molecule has 1 amide bonds. The van der Waals surface area contributed by atoms with E-state index in [1.54, 1.807) is 0 Å². The van der Waals surface area contributed by atoms with Crippen molar-refractivity contribution in [3.63, 3.8) is 0 Å². The van der Waals surface area contributed by atoms with Crippen LogP contribution < -0.4 is 25.1 Å². The molecule has 1 aliphatic rings. The molecule has 4 rings (SSSR count). The van der Waals surface area contributed by atoms with E-state index in [9.17, 15) is 27.2 Å². The lowest BCUT2D eigenvalue weighted by Crippen LogP contribution is -2.50. The smallest absolute Gasteiger partial charge is 0.495 e. The Balaban J connectivity index is 1.83. The van der Waals surface area contributed by atoms with Gasteiger partial charge in [0.1, 0.15) is 22.7 Å². The Morgan fingerprint density at radius 3 is 2.68 bits per heavy atom. The van der Waals surface area contributed by atoms with Crippen molar-refractivity contribution < 1.29 is 36.6 Å². The maximum absolute atomic E-state index is 14.7. The predicted molar refractivity (Wildman–Crippen MR) is 109 cm³/mol. The van der Waals surface area contributed by atoms with Crippen molar-refractivity contribution in [1.82, 2.24) is 15.3 Å². The highest BCUT2D eigenvalue weighted by atomic mass is 19.4. The molecule has 2 aromatic heterocycles. The highest BCUT2D eigenvalue weighted by Crippen LogP contribution is 2.43. The molecule has 1 unspecified atom stereocenters. The largest absolute Gasteiger partial charge is 0.573 e. The van der Waals surface area contributed by atoms with Crippen LogP contribution in [0.1, 0.15) is 28.0 Å². The number of alkyl halides is 3. The van der Waals surface area contributed by atoms with Gasteiger partial charge in [0.15, 0.2) is 11.6 Å². The molecule has 0 saturated heterocycles. The quantitative estimate of drug-likeness (QED) is 0.545. The van der Waals surface area contributed by atoms with Gasteiger partial charge in [-0.05, 0) is 23.8 Å². The highest BCUT2D eigenvalue weighted by Gasteiger charge is 2.44. The number of pyridine rings is 2. The molecular weight excluding hydrogens is 462 g/mol. The maximum Gasteiger partial charge on any atom is 0.573 e. The van der Waals surface area contributed by atoms with Gasteiger partial charge >= 0.3 is 6.36 Å². The van der Waals surface area contributed by atoms with Crippen LogP contribution >= 0.6 is 0 Å². The van der Waals surface area contributed by atoms with E-state index in [1.165, 1.54) is 37.7 Å². The summed E-state index contributed by atoms with van der Waals surface area (Å²) in [6.07, 6.45) is -2.44. The first kappa shape index (κ1) is 23.1. The zero-order chi connectivity index (χ0) is 24.5. The summed E-state index contributed by atoms with van der Waals surface area (Å²) in [5.74, 6) is -2.34. The summed E-state index contributed by atoms with van der Waals surface area (Å²) in [4.78, 5) is 31.2. The second-order valence-corrected chi connectivity index (χ2v) is 7.31. The van der Waals surface area contributed by atoms with Gasteiger partial charge in [-0.1, -0.05) is 6.07 Å². The van der Waals surface area contributed by atoms with Crippen LogP contribution in [-0.2, 0) is 5.54 Å². The Kier molecular flexibility index (Phi) is 5.90. The molecule has 0 radical (unpaired) electrons. The van der Waals surface area contributed by atoms with E-state index in [1.807, 2.05) is 0 Å². The average molecular weight is 479 g/mol. The number of aromatic amines is 1. The van der Waals surface area contributed by atoms with E-state index in [4.69, 9.17) is 9.47 Å². The number of ether oxygens (including phenoxy) is 3. The van der Waals surface area contributed by atoms with Crippen molar-refractivity contribution >= 4 is 5.91 Å².